The number of carbonyl (C=O) groups is 2. The van der Waals surface area contributed by atoms with Gasteiger partial charge >= 0.3 is 5.97 Å². The maximum absolute atomic E-state index is 12.4. The van der Waals surface area contributed by atoms with Gasteiger partial charge in [-0.25, -0.2) is 4.98 Å². The number of hydrogen-bond donors (Lipinski definition) is 1. The highest BCUT2D eigenvalue weighted by Gasteiger charge is 2.49. The Balaban J connectivity index is 1.80. The van der Waals surface area contributed by atoms with E-state index >= 15 is 0 Å². The van der Waals surface area contributed by atoms with E-state index in [0.717, 1.165) is 5.56 Å². The molecule has 118 valence electrons. The fourth-order valence-corrected chi connectivity index (χ4v) is 2.73. The summed E-state index contributed by atoms with van der Waals surface area (Å²) in [6.07, 6.45) is 5.11. The van der Waals surface area contributed by atoms with Gasteiger partial charge in [0.15, 0.2) is 0 Å². The van der Waals surface area contributed by atoms with Gasteiger partial charge in [0.25, 0.3) is 5.91 Å². The molecule has 0 radical (unpaired) electrons. The summed E-state index contributed by atoms with van der Waals surface area (Å²) >= 11 is 0. The molecule has 0 saturated heterocycles. The molecule has 0 spiro atoms. The van der Waals surface area contributed by atoms with Crippen LogP contribution >= 0.6 is 0 Å². The van der Waals surface area contributed by atoms with Crippen molar-refractivity contribution in [3.8, 4) is 0 Å². The molecule has 3 atom stereocenters. The molecule has 1 aromatic carbocycles. The SMILES string of the molecule is COC(=O)[C@H]1C[C@H]1[C@H](NC(=O)c1cnccn1)c1ccccc1. The number of rotatable bonds is 5. The zero-order valence-electron chi connectivity index (χ0n) is 12.7. The van der Waals surface area contributed by atoms with E-state index in [-0.39, 0.29) is 35.4 Å². The van der Waals surface area contributed by atoms with Crippen LogP contribution in [0.4, 0.5) is 0 Å². The Labute approximate surface area is 133 Å². The van der Waals surface area contributed by atoms with Crippen LogP contribution in [0.2, 0.25) is 0 Å². The molecule has 3 rings (SSSR count). The Morgan fingerprint density at radius 2 is 2.04 bits per heavy atom. The van der Waals surface area contributed by atoms with Gasteiger partial charge in [-0.2, -0.15) is 0 Å². The van der Waals surface area contributed by atoms with Crippen molar-refractivity contribution in [2.45, 2.75) is 12.5 Å². The van der Waals surface area contributed by atoms with Gasteiger partial charge in [-0.3, -0.25) is 14.6 Å². The molecule has 1 N–H and O–H groups in total. The smallest absolute Gasteiger partial charge is 0.309 e. The van der Waals surface area contributed by atoms with Gasteiger partial charge in [-0.1, -0.05) is 30.3 Å². The Bertz CT molecular complexity index is 691. The lowest BCUT2D eigenvalue weighted by Crippen LogP contribution is -2.31. The number of methoxy groups -OCH3 is 1. The molecule has 0 bridgehead atoms. The lowest BCUT2D eigenvalue weighted by atomic mass is 10.0. The first-order valence-corrected chi connectivity index (χ1v) is 7.40. The molecule has 6 nitrogen and oxygen atoms in total. The van der Waals surface area contributed by atoms with E-state index in [1.807, 2.05) is 30.3 Å². The minimum absolute atomic E-state index is 0.0328. The number of amides is 1. The lowest BCUT2D eigenvalue weighted by Gasteiger charge is -2.19. The third-order valence-corrected chi connectivity index (χ3v) is 4.01. The van der Waals surface area contributed by atoms with E-state index in [1.54, 1.807) is 0 Å². The van der Waals surface area contributed by atoms with E-state index in [2.05, 4.69) is 15.3 Å². The molecular weight excluding hydrogens is 294 g/mol. The zero-order valence-corrected chi connectivity index (χ0v) is 12.7. The van der Waals surface area contributed by atoms with Gasteiger partial charge in [-0.05, 0) is 17.9 Å². The van der Waals surface area contributed by atoms with E-state index in [9.17, 15) is 9.59 Å². The van der Waals surface area contributed by atoms with Crippen molar-refractivity contribution in [1.29, 1.82) is 0 Å². The second-order valence-electron chi connectivity index (χ2n) is 5.48. The van der Waals surface area contributed by atoms with Crippen LogP contribution in [0.25, 0.3) is 0 Å². The minimum atomic E-state index is -0.303. The standard InChI is InChI=1S/C17H17N3O3/c1-23-17(22)13-9-12(13)15(11-5-3-2-4-6-11)20-16(21)14-10-18-7-8-19-14/h2-8,10,12-13,15H,9H2,1H3,(H,20,21)/t12-,13+,15-/m1/s1. The van der Waals surface area contributed by atoms with E-state index in [4.69, 9.17) is 4.74 Å². The van der Waals surface area contributed by atoms with E-state index in [0.29, 0.717) is 6.42 Å². The van der Waals surface area contributed by atoms with Crippen LogP contribution in [-0.4, -0.2) is 29.0 Å². The lowest BCUT2D eigenvalue weighted by molar-refractivity contribution is -0.142. The number of nitrogens with one attached hydrogen (secondary N) is 1. The molecule has 1 saturated carbocycles. The predicted molar refractivity (Wildman–Crippen MR) is 82.3 cm³/mol. The van der Waals surface area contributed by atoms with Gasteiger partial charge in [-0.15, -0.1) is 0 Å². The first-order valence-electron chi connectivity index (χ1n) is 7.40. The maximum Gasteiger partial charge on any atom is 0.309 e. The highest BCUT2D eigenvalue weighted by molar-refractivity contribution is 5.92. The normalized spacial score (nSPS) is 20.4. The summed E-state index contributed by atoms with van der Waals surface area (Å²) in [5, 5.41) is 2.97. The predicted octanol–water partition coefficient (Wildman–Crippen LogP) is 1.76. The molecule has 2 aromatic rings. The van der Waals surface area contributed by atoms with Crippen molar-refractivity contribution in [2.75, 3.05) is 7.11 Å². The molecular formula is C17H17N3O3. The average molecular weight is 311 g/mol. The highest BCUT2D eigenvalue weighted by Crippen LogP contribution is 2.48. The Hall–Kier alpha value is -2.76. The fraction of sp³-hybridized carbons (Fsp3) is 0.294. The number of esters is 1. The van der Waals surface area contributed by atoms with Crippen LogP contribution in [-0.2, 0) is 9.53 Å². The van der Waals surface area contributed by atoms with Crippen molar-refractivity contribution in [1.82, 2.24) is 15.3 Å². The van der Waals surface area contributed by atoms with Gasteiger partial charge in [0.05, 0.1) is 25.3 Å². The van der Waals surface area contributed by atoms with Gasteiger partial charge < -0.3 is 10.1 Å². The number of benzene rings is 1. The highest BCUT2D eigenvalue weighted by atomic mass is 16.5. The summed E-state index contributed by atoms with van der Waals surface area (Å²) in [6.45, 7) is 0. The number of nitrogens with zero attached hydrogens (tertiary/aromatic N) is 2. The van der Waals surface area contributed by atoms with Crippen molar-refractivity contribution in [3.05, 3.63) is 60.2 Å². The summed E-state index contributed by atoms with van der Waals surface area (Å²) < 4.78 is 4.81. The van der Waals surface area contributed by atoms with Crippen LogP contribution in [0.5, 0.6) is 0 Å². The van der Waals surface area contributed by atoms with Gasteiger partial charge in [0, 0.05) is 12.4 Å². The number of aromatic nitrogens is 2. The van der Waals surface area contributed by atoms with Gasteiger partial charge in [0.1, 0.15) is 5.69 Å². The number of hydrogen-bond acceptors (Lipinski definition) is 5. The molecule has 1 amide bonds. The largest absolute Gasteiger partial charge is 0.469 e. The second kappa shape index (κ2) is 6.56. The van der Waals surface area contributed by atoms with E-state index in [1.165, 1.54) is 25.7 Å². The van der Waals surface area contributed by atoms with Crippen molar-refractivity contribution in [2.24, 2.45) is 11.8 Å². The van der Waals surface area contributed by atoms with Crippen LogP contribution in [0.3, 0.4) is 0 Å². The fourth-order valence-electron chi connectivity index (χ4n) is 2.73. The Kier molecular flexibility index (Phi) is 4.32. The molecule has 1 aliphatic carbocycles. The molecule has 23 heavy (non-hydrogen) atoms. The summed E-state index contributed by atoms with van der Waals surface area (Å²) in [4.78, 5) is 32.0. The first kappa shape index (κ1) is 15.1. The third kappa shape index (κ3) is 3.36. The molecule has 1 aromatic heterocycles. The molecule has 1 heterocycles. The molecule has 0 unspecified atom stereocenters. The van der Waals surface area contributed by atoms with Crippen molar-refractivity contribution < 1.29 is 14.3 Å². The molecule has 6 heteroatoms. The molecule has 1 aliphatic rings. The number of carbonyl (C=O) groups excluding carboxylic acids is 2. The van der Waals surface area contributed by atoms with Gasteiger partial charge in [0.2, 0.25) is 0 Å². The second-order valence-corrected chi connectivity index (χ2v) is 5.48. The van der Waals surface area contributed by atoms with Crippen LogP contribution in [0.15, 0.2) is 48.9 Å². The Morgan fingerprint density at radius 3 is 2.70 bits per heavy atom. The van der Waals surface area contributed by atoms with Crippen LogP contribution in [0, 0.1) is 11.8 Å². The Morgan fingerprint density at radius 1 is 1.26 bits per heavy atom. The first-order chi connectivity index (χ1) is 11.2. The zero-order chi connectivity index (χ0) is 16.2. The monoisotopic (exact) mass is 311 g/mol. The molecule has 1 fully saturated rings. The summed E-state index contributed by atoms with van der Waals surface area (Å²) in [7, 11) is 1.38. The van der Waals surface area contributed by atoms with E-state index < -0.39 is 0 Å². The molecule has 0 aliphatic heterocycles. The van der Waals surface area contributed by atoms with Crippen LogP contribution in [0.1, 0.15) is 28.5 Å². The van der Waals surface area contributed by atoms with Crippen LogP contribution < -0.4 is 5.32 Å². The summed E-state index contributed by atoms with van der Waals surface area (Å²) in [6, 6.07) is 9.35. The summed E-state index contributed by atoms with van der Waals surface area (Å²) in [5.74, 6) is -0.676. The number of ether oxygens (including phenoxy) is 1. The van der Waals surface area contributed by atoms with Crippen molar-refractivity contribution >= 4 is 11.9 Å². The minimum Gasteiger partial charge on any atom is -0.469 e. The topological polar surface area (TPSA) is 81.2 Å². The quantitative estimate of drug-likeness (QED) is 0.851. The summed E-state index contributed by atoms with van der Waals surface area (Å²) in [5.41, 5.74) is 1.21. The van der Waals surface area contributed by atoms with Crippen molar-refractivity contribution in [3.63, 3.8) is 0 Å². The maximum atomic E-state index is 12.4. The average Bonchev–Trinajstić information content (AvgIpc) is 3.40. The third-order valence-electron chi connectivity index (χ3n) is 4.01.